The standard InChI is InChI=1S/C35H47NO3/c1-3-5-7-9-10-11-12-13-15-27-38-33-25-26-34(36-28-33)30-21-23-32(24-22-30)39-35(37)31-19-17-29(18-20-31)16-14-8-6-4-2/h17-26,28H,3-16,27H2,1-2H3. The Labute approximate surface area is 236 Å². The van der Waals surface area contributed by atoms with Crippen molar-refractivity contribution in [2.45, 2.75) is 104 Å². The van der Waals surface area contributed by atoms with Crippen molar-refractivity contribution < 1.29 is 14.3 Å². The Bertz CT molecular complexity index is 1060. The average Bonchev–Trinajstić information content (AvgIpc) is 2.97. The van der Waals surface area contributed by atoms with Gasteiger partial charge in [0.1, 0.15) is 11.5 Å². The van der Waals surface area contributed by atoms with Gasteiger partial charge in [-0.15, -0.1) is 0 Å². The summed E-state index contributed by atoms with van der Waals surface area (Å²) in [5.41, 5.74) is 3.65. The summed E-state index contributed by atoms with van der Waals surface area (Å²) in [5.74, 6) is 0.982. The van der Waals surface area contributed by atoms with Gasteiger partial charge in [0.15, 0.2) is 0 Å². The molecule has 4 nitrogen and oxygen atoms in total. The zero-order chi connectivity index (χ0) is 27.5. The maximum absolute atomic E-state index is 12.6. The third-order valence-corrected chi connectivity index (χ3v) is 7.12. The second kappa shape index (κ2) is 18.2. The lowest BCUT2D eigenvalue weighted by Gasteiger charge is -2.08. The van der Waals surface area contributed by atoms with E-state index < -0.39 is 0 Å². The Morgan fingerprint density at radius 3 is 1.85 bits per heavy atom. The summed E-state index contributed by atoms with van der Waals surface area (Å²) in [5, 5.41) is 0. The highest BCUT2D eigenvalue weighted by molar-refractivity contribution is 5.91. The number of hydrogen-bond acceptors (Lipinski definition) is 4. The zero-order valence-corrected chi connectivity index (χ0v) is 24.1. The van der Waals surface area contributed by atoms with E-state index in [0.29, 0.717) is 11.3 Å². The molecule has 0 radical (unpaired) electrons. The van der Waals surface area contributed by atoms with E-state index in [1.807, 2.05) is 60.7 Å². The number of unbranched alkanes of at least 4 members (excludes halogenated alkanes) is 11. The Morgan fingerprint density at radius 1 is 0.641 bits per heavy atom. The van der Waals surface area contributed by atoms with E-state index in [4.69, 9.17) is 9.47 Å². The van der Waals surface area contributed by atoms with Gasteiger partial charge in [0.05, 0.1) is 24.1 Å². The molecule has 0 atom stereocenters. The van der Waals surface area contributed by atoms with E-state index >= 15 is 0 Å². The fourth-order valence-corrected chi connectivity index (χ4v) is 4.66. The molecule has 0 saturated heterocycles. The maximum atomic E-state index is 12.6. The third-order valence-electron chi connectivity index (χ3n) is 7.12. The number of esters is 1. The molecule has 0 fully saturated rings. The molecule has 0 saturated carbocycles. The number of carbonyl (C=O) groups is 1. The molecule has 4 heteroatoms. The number of rotatable bonds is 19. The van der Waals surface area contributed by atoms with Crippen LogP contribution in [0.3, 0.4) is 0 Å². The Morgan fingerprint density at radius 2 is 1.23 bits per heavy atom. The Kier molecular flexibility index (Phi) is 14.2. The average molecular weight is 530 g/mol. The number of ether oxygens (including phenoxy) is 2. The molecule has 39 heavy (non-hydrogen) atoms. The van der Waals surface area contributed by atoms with Crippen molar-refractivity contribution in [3.63, 3.8) is 0 Å². The highest BCUT2D eigenvalue weighted by Gasteiger charge is 2.09. The number of aromatic nitrogens is 1. The van der Waals surface area contributed by atoms with E-state index in [9.17, 15) is 4.79 Å². The van der Waals surface area contributed by atoms with Crippen LogP contribution in [0.25, 0.3) is 11.3 Å². The van der Waals surface area contributed by atoms with Gasteiger partial charge in [-0.25, -0.2) is 4.79 Å². The predicted molar refractivity (Wildman–Crippen MR) is 162 cm³/mol. The van der Waals surface area contributed by atoms with Crippen LogP contribution in [0, 0.1) is 0 Å². The first-order chi connectivity index (χ1) is 19.2. The van der Waals surface area contributed by atoms with Crippen LogP contribution in [0.2, 0.25) is 0 Å². The number of hydrogen-bond donors (Lipinski definition) is 0. The van der Waals surface area contributed by atoms with Gasteiger partial charge in [-0.1, -0.05) is 96.6 Å². The number of benzene rings is 2. The first-order valence-corrected chi connectivity index (χ1v) is 15.2. The molecular weight excluding hydrogens is 482 g/mol. The maximum Gasteiger partial charge on any atom is 0.343 e. The van der Waals surface area contributed by atoms with Crippen molar-refractivity contribution in [2.24, 2.45) is 0 Å². The first kappa shape index (κ1) is 30.4. The van der Waals surface area contributed by atoms with Crippen molar-refractivity contribution in [3.05, 3.63) is 78.0 Å². The monoisotopic (exact) mass is 529 g/mol. The lowest BCUT2D eigenvalue weighted by Crippen LogP contribution is -2.08. The van der Waals surface area contributed by atoms with Crippen molar-refractivity contribution in [1.29, 1.82) is 0 Å². The van der Waals surface area contributed by atoms with Gasteiger partial charge >= 0.3 is 5.97 Å². The van der Waals surface area contributed by atoms with Gasteiger partial charge in [-0.3, -0.25) is 4.98 Å². The van der Waals surface area contributed by atoms with Crippen molar-refractivity contribution in [2.75, 3.05) is 6.61 Å². The molecule has 0 amide bonds. The molecule has 1 aromatic heterocycles. The number of nitrogens with zero attached hydrogens (tertiary/aromatic N) is 1. The van der Waals surface area contributed by atoms with E-state index in [1.165, 1.54) is 82.6 Å². The van der Waals surface area contributed by atoms with Crippen molar-refractivity contribution >= 4 is 5.97 Å². The molecule has 3 aromatic rings. The van der Waals surface area contributed by atoms with E-state index in [2.05, 4.69) is 18.8 Å². The second-order valence-corrected chi connectivity index (χ2v) is 10.5. The lowest BCUT2D eigenvalue weighted by atomic mass is 10.0. The smallest absolute Gasteiger partial charge is 0.343 e. The molecule has 3 rings (SSSR count). The summed E-state index contributed by atoms with van der Waals surface area (Å²) in [7, 11) is 0. The minimum Gasteiger partial charge on any atom is -0.492 e. The fourth-order valence-electron chi connectivity index (χ4n) is 4.66. The van der Waals surface area contributed by atoms with E-state index in [1.54, 1.807) is 6.20 Å². The molecule has 0 aliphatic carbocycles. The summed E-state index contributed by atoms with van der Waals surface area (Å²) in [6, 6.07) is 19.2. The van der Waals surface area contributed by atoms with E-state index in [0.717, 1.165) is 36.5 Å². The summed E-state index contributed by atoms with van der Waals surface area (Å²) in [4.78, 5) is 17.1. The number of aryl methyl sites for hydroxylation is 1. The van der Waals surface area contributed by atoms with Gasteiger partial charge < -0.3 is 9.47 Å². The molecule has 0 N–H and O–H groups in total. The highest BCUT2D eigenvalue weighted by Crippen LogP contribution is 2.23. The number of carbonyl (C=O) groups excluding carboxylic acids is 1. The minimum atomic E-state index is -0.341. The molecule has 2 aromatic carbocycles. The molecule has 0 spiro atoms. The minimum absolute atomic E-state index is 0.341. The SMILES string of the molecule is CCCCCCCCCCCOc1ccc(-c2ccc(OC(=O)c3ccc(CCCCCC)cc3)cc2)nc1. The van der Waals surface area contributed by atoms with Gasteiger partial charge in [0.2, 0.25) is 0 Å². The molecule has 0 aliphatic rings. The second-order valence-electron chi connectivity index (χ2n) is 10.5. The van der Waals surface area contributed by atoms with Crippen LogP contribution >= 0.6 is 0 Å². The normalized spacial score (nSPS) is 10.9. The molecule has 0 aliphatic heterocycles. The fraction of sp³-hybridized carbons (Fsp3) is 0.486. The van der Waals surface area contributed by atoms with Crippen LogP contribution in [0.15, 0.2) is 66.9 Å². The van der Waals surface area contributed by atoms with Gasteiger partial charge in [0.25, 0.3) is 0 Å². The highest BCUT2D eigenvalue weighted by atomic mass is 16.5. The largest absolute Gasteiger partial charge is 0.492 e. The van der Waals surface area contributed by atoms with Crippen LogP contribution < -0.4 is 9.47 Å². The van der Waals surface area contributed by atoms with Gasteiger partial charge in [-0.05, 0) is 73.4 Å². The summed E-state index contributed by atoms with van der Waals surface area (Å²) >= 11 is 0. The summed E-state index contributed by atoms with van der Waals surface area (Å²) < 4.78 is 11.5. The molecular formula is C35H47NO3. The summed E-state index contributed by atoms with van der Waals surface area (Å²) in [6.07, 6.45) is 19.5. The molecule has 0 bridgehead atoms. The molecule has 210 valence electrons. The third kappa shape index (κ3) is 11.6. The summed E-state index contributed by atoms with van der Waals surface area (Å²) in [6.45, 7) is 5.22. The first-order valence-electron chi connectivity index (χ1n) is 15.2. The van der Waals surface area contributed by atoms with E-state index in [-0.39, 0.29) is 5.97 Å². The van der Waals surface area contributed by atoms with Crippen molar-refractivity contribution in [3.8, 4) is 22.8 Å². The van der Waals surface area contributed by atoms with Crippen LogP contribution in [0.5, 0.6) is 11.5 Å². The van der Waals surface area contributed by atoms with Crippen LogP contribution in [-0.4, -0.2) is 17.6 Å². The van der Waals surface area contributed by atoms with Gasteiger partial charge in [-0.2, -0.15) is 0 Å². The lowest BCUT2D eigenvalue weighted by molar-refractivity contribution is 0.0734. The van der Waals surface area contributed by atoms with Crippen molar-refractivity contribution in [1.82, 2.24) is 4.98 Å². The quantitative estimate of drug-likeness (QED) is 0.0880. The topological polar surface area (TPSA) is 48.4 Å². The van der Waals surface area contributed by atoms with Crippen LogP contribution in [0.4, 0.5) is 0 Å². The van der Waals surface area contributed by atoms with Crippen LogP contribution in [-0.2, 0) is 6.42 Å². The van der Waals surface area contributed by atoms with Crippen LogP contribution in [0.1, 0.15) is 113 Å². The Hall–Kier alpha value is -3.14. The molecule has 1 heterocycles. The zero-order valence-electron chi connectivity index (χ0n) is 24.1. The number of pyridine rings is 1. The Balaban J connectivity index is 1.37. The van der Waals surface area contributed by atoms with Gasteiger partial charge in [0, 0.05) is 5.56 Å². The predicted octanol–water partition coefficient (Wildman–Crippen LogP) is 10.0. The molecule has 0 unspecified atom stereocenters.